The van der Waals surface area contributed by atoms with Crippen LogP contribution in [0, 0.1) is 0 Å². The molecule has 31 heavy (non-hydrogen) atoms. The third kappa shape index (κ3) is 4.81. The molecule has 1 nitrogen and oxygen atoms in total. The normalized spacial score (nSPS) is 16.6. The summed E-state index contributed by atoms with van der Waals surface area (Å²) in [4.78, 5) is 0. The molecule has 2 heterocycles. The van der Waals surface area contributed by atoms with E-state index in [4.69, 9.17) is 0 Å². The highest BCUT2D eigenvalue weighted by atomic mass is 15.0. The maximum absolute atomic E-state index is 2.66. The lowest BCUT2D eigenvalue weighted by Gasteiger charge is -2.32. The van der Waals surface area contributed by atoms with E-state index < -0.39 is 0 Å². The second-order valence-corrected chi connectivity index (χ2v) is 9.23. The zero-order valence-corrected chi connectivity index (χ0v) is 19.6. The number of hydrogen-bond acceptors (Lipinski definition) is 0. The molecule has 0 saturated carbocycles. The molecule has 0 bridgehead atoms. The molecule has 1 aromatic heterocycles. The van der Waals surface area contributed by atoms with Crippen LogP contribution in [-0.2, 0) is 0 Å². The van der Waals surface area contributed by atoms with Crippen molar-refractivity contribution in [1.82, 2.24) is 4.57 Å². The first kappa shape index (κ1) is 21.9. The molecule has 1 unspecified atom stereocenters. The van der Waals surface area contributed by atoms with Crippen LogP contribution in [0.3, 0.4) is 0 Å². The summed E-state index contributed by atoms with van der Waals surface area (Å²) in [6.45, 7) is 4.60. The summed E-state index contributed by atoms with van der Waals surface area (Å²) < 4.78 is 2.66. The molecule has 0 fully saturated rings. The van der Waals surface area contributed by atoms with Gasteiger partial charge in [0, 0.05) is 16.5 Å². The molecular formula is C30H39N. The molecule has 1 heteroatoms. The number of unbranched alkanes of at least 4 members (excludes halogenated alkanes) is 8. The minimum Gasteiger partial charge on any atom is -0.333 e. The molecule has 0 radical (unpaired) electrons. The van der Waals surface area contributed by atoms with Gasteiger partial charge in [0.25, 0.3) is 0 Å². The average molecular weight is 414 g/mol. The van der Waals surface area contributed by atoms with E-state index in [1.807, 2.05) is 0 Å². The Bertz CT molecular complexity index is 1010. The Kier molecular flexibility index (Phi) is 7.67. The zero-order chi connectivity index (χ0) is 21.5. The fourth-order valence-corrected chi connectivity index (χ4v) is 5.30. The highest BCUT2D eigenvalue weighted by Gasteiger charge is 2.29. The molecule has 164 valence electrons. The minimum absolute atomic E-state index is 0.456. The maximum atomic E-state index is 2.66. The van der Waals surface area contributed by atoms with Crippen molar-refractivity contribution in [1.29, 1.82) is 0 Å². The minimum atomic E-state index is 0.456. The van der Waals surface area contributed by atoms with Crippen molar-refractivity contribution in [2.75, 3.05) is 0 Å². The van der Waals surface area contributed by atoms with Crippen molar-refractivity contribution in [3.8, 4) is 11.3 Å². The number of allylic oxidation sites excluding steroid dienone is 2. The second kappa shape index (κ2) is 10.8. The highest BCUT2D eigenvalue weighted by Crippen LogP contribution is 2.47. The van der Waals surface area contributed by atoms with Gasteiger partial charge in [-0.05, 0) is 42.5 Å². The molecule has 3 aromatic rings. The topological polar surface area (TPSA) is 4.93 Å². The first-order valence-corrected chi connectivity index (χ1v) is 12.7. The van der Waals surface area contributed by atoms with Crippen LogP contribution in [0.1, 0.15) is 96.1 Å². The van der Waals surface area contributed by atoms with Gasteiger partial charge >= 0.3 is 0 Å². The number of fused-ring (bicyclic) bond motifs is 5. The van der Waals surface area contributed by atoms with Gasteiger partial charge in [-0.3, -0.25) is 0 Å². The van der Waals surface area contributed by atoms with E-state index in [0.717, 1.165) is 0 Å². The van der Waals surface area contributed by atoms with E-state index in [1.165, 1.54) is 98.4 Å². The van der Waals surface area contributed by atoms with Gasteiger partial charge in [-0.25, -0.2) is 0 Å². The highest BCUT2D eigenvalue weighted by molar-refractivity contribution is 5.94. The predicted octanol–water partition coefficient (Wildman–Crippen LogP) is 9.58. The lowest BCUT2D eigenvalue weighted by molar-refractivity contribution is 0.524. The molecular weight excluding hydrogens is 374 g/mol. The quantitative estimate of drug-likeness (QED) is 0.276. The summed E-state index contributed by atoms with van der Waals surface area (Å²) in [5.74, 6) is 0. The van der Waals surface area contributed by atoms with E-state index >= 15 is 0 Å². The van der Waals surface area contributed by atoms with Gasteiger partial charge in [0.15, 0.2) is 0 Å². The molecule has 1 atom stereocenters. The van der Waals surface area contributed by atoms with Crippen molar-refractivity contribution in [2.24, 2.45) is 0 Å². The number of hydrogen-bond donors (Lipinski definition) is 0. The molecule has 0 saturated heterocycles. The van der Waals surface area contributed by atoms with Crippen LogP contribution in [0.5, 0.6) is 0 Å². The number of rotatable bonds is 11. The van der Waals surface area contributed by atoms with Gasteiger partial charge in [-0.15, -0.1) is 0 Å². The second-order valence-electron chi connectivity index (χ2n) is 9.23. The van der Waals surface area contributed by atoms with Crippen LogP contribution in [-0.4, -0.2) is 4.57 Å². The number of para-hydroxylation sites is 1. The lowest BCUT2D eigenvalue weighted by atomic mass is 9.85. The third-order valence-electron chi connectivity index (χ3n) is 6.94. The molecule has 1 aliphatic heterocycles. The predicted molar refractivity (Wildman–Crippen MR) is 137 cm³/mol. The number of nitrogens with zero attached hydrogens (tertiary/aromatic N) is 1. The zero-order valence-electron chi connectivity index (χ0n) is 19.6. The van der Waals surface area contributed by atoms with Crippen LogP contribution in [0.4, 0.5) is 0 Å². The van der Waals surface area contributed by atoms with E-state index in [9.17, 15) is 0 Å². The molecule has 4 rings (SSSR count). The van der Waals surface area contributed by atoms with Crippen LogP contribution in [0.15, 0.2) is 60.7 Å². The smallest absolute Gasteiger partial charge is 0.0594 e. The van der Waals surface area contributed by atoms with Crippen LogP contribution in [0.2, 0.25) is 0 Å². The van der Waals surface area contributed by atoms with E-state index in [-0.39, 0.29) is 0 Å². The largest absolute Gasteiger partial charge is 0.333 e. The van der Waals surface area contributed by atoms with Gasteiger partial charge in [0.2, 0.25) is 0 Å². The van der Waals surface area contributed by atoms with Crippen molar-refractivity contribution in [3.63, 3.8) is 0 Å². The first-order valence-electron chi connectivity index (χ1n) is 12.7. The summed E-state index contributed by atoms with van der Waals surface area (Å²) >= 11 is 0. The molecule has 2 aromatic carbocycles. The monoisotopic (exact) mass is 413 g/mol. The van der Waals surface area contributed by atoms with Crippen molar-refractivity contribution >= 4 is 16.5 Å². The summed E-state index contributed by atoms with van der Waals surface area (Å²) in [7, 11) is 0. The summed E-state index contributed by atoms with van der Waals surface area (Å²) in [6, 6.07) is 20.9. The summed E-state index contributed by atoms with van der Waals surface area (Å²) in [5, 5.41) is 1.37. The van der Waals surface area contributed by atoms with Crippen molar-refractivity contribution in [3.05, 3.63) is 66.2 Å². The Morgan fingerprint density at radius 2 is 1.42 bits per heavy atom. The number of aromatic nitrogens is 1. The SMILES string of the molecule is CCCCCC/C=C1\c2ccccc2-c2cc3ccccc3n2C1CCCCCCC. The lowest BCUT2D eigenvalue weighted by Crippen LogP contribution is -2.17. The molecule has 0 aliphatic carbocycles. The summed E-state index contributed by atoms with van der Waals surface area (Å²) in [6.07, 6.45) is 17.1. The number of benzene rings is 2. The Morgan fingerprint density at radius 1 is 0.742 bits per heavy atom. The van der Waals surface area contributed by atoms with Crippen LogP contribution >= 0.6 is 0 Å². The van der Waals surface area contributed by atoms with Crippen LogP contribution < -0.4 is 0 Å². The third-order valence-corrected chi connectivity index (χ3v) is 6.94. The van der Waals surface area contributed by atoms with E-state index in [0.29, 0.717) is 6.04 Å². The van der Waals surface area contributed by atoms with E-state index in [2.05, 4.69) is 79.1 Å². The maximum Gasteiger partial charge on any atom is 0.0594 e. The summed E-state index contributed by atoms with van der Waals surface area (Å²) in [5.41, 5.74) is 7.23. The van der Waals surface area contributed by atoms with Gasteiger partial charge in [0.05, 0.1) is 11.7 Å². The Balaban J connectivity index is 1.71. The van der Waals surface area contributed by atoms with Crippen molar-refractivity contribution < 1.29 is 0 Å². The van der Waals surface area contributed by atoms with Crippen LogP contribution in [0.25, 0.3) is 27.7 Å². The fourth-order valence-electron chi connectivity index (χ4n) is 5.30. The van der Waals surface area contributed by atoms with Gasteiger partial charge in [-0.2, -0.15) is 0 Å². The Hall–Kier alpha value is -2.28. The molecule has 0 N–H and O–H groups in total. The van der Waals surface area contributed by atoms with E-state index in [1.54, 1.807) is 5.57 Å². The molecule has 1 aliphatic rings. The van der Waals surface area contributed by atoms with Gasteiger partial charge in [-0.1, -0.05) is 114 Å². The Labute approximate surface area is 189 Å². The fraction of sp³-hybridized carbons (Fsp3) is 0.467. The standard InChI is InChI=1S/C30H39N/c1-3-5-7-9-11-19-26-25-18-14-15-20-27(25)30-23-24-17-13-16-21-28(24)31(30)29(26)22-12-10-8-6-4-2/h13-21,23,29H,3-12,22H2,1-2H3/b26-19+. The first-order chi connectivity index (χ1) is 15.3. The van der Waals surface area contributed by atoms with Crippen molar-refractivity contribution in [2.45, 2.75) is 90.5 Å². The average Bonchev–Trinajstić information content (AvgIpc) is 3.19. The Morgan fingerprint density at radius 3 is 2.23 bits per heavy atom. The van der Waals surface area contributed by atoms with Gasteiger partial charge in [0.1, 0.15) is 0 Å². The van der Waals surface area contributed by atoms with Gasteiger partial charge < -0.3 is 4.57 Å². The molecule has 0 amide bonds. The molecule has 0 spiro atoms.